The van der Waals surface area contributed by atoms with Crippen LogP contribution in [0.1, 0.15) is 11.3 Å². The van der Waals surface area contributed by atoms with Crippen molar-refractivity contribution in [3.63, 3.8) is 0 Å². The van der Waals surface area contributed by atoms with Crippen LogP contribution in [0.2, 0.25) is 0 Å². The molecule has 0 aliphatic rings. The highest BCUT2D eigenvalue weighted by Gasteiger charge is 2.37. The van der Waals surface area contributed by atoms with Gasteiger partial charge in [-0.05, 0) is 43.3 Å². The summed E-state index contributed by atoms with van der Waals surface area (Å²) in [5.41, 5.74) is 0.343. The molecule has 0 atom stereocenters. The summed E-state index contributed by atoms with van der Waals surface area (Å²) in [4.78, 5) is 3.38. The molecule has 26 heavy (non-hydrogen) atoms. The molecule has 2 aromatic carbocycles. The van der Waals surface area contributed by atoms with Crippen molar-refractivity contribution >= 4 is 21.5 Å². The van der Waals surface area contributed by atoms with Crippen molar-refractivity contribution in [2.75, 3.05) is 0 Å². The van der Waals surface area contributed by atoms with Gasteiger partial charge in [-0.25, -0.2) is 4.98 Å². The van der Waals surface area contributed by atoms with Crippen molar-refractivity contribution in [1.29, 1.82) is 0 Å². The molecule has 0 unspecified atom stereocenters. The minimum absolute atomic E-state index is 0.0843. The molecule has 136 valence electrons. The Kier molecular flexibility index (Phi) is 4.76. The van der Waals surface area contributed by atoms with E-state index in [1.807, 2.05) is 12.3 Å². The van der Waals surface area contributed by atoms with Crippen molar-refractivity contribution in [3.05, 3.63) is 65.2 Å². The molecule has 0 spiro atoms. The quantitative estimate of drug-likeness (QED) is 0.585. The summed E-state index contributed by atoms with van der Waals surface area (Å²) in [6.07, 6.45) is -4.81. The average molecular weight is 399 g/mol. The zero-order chi connectivity index (χ0) is 18.9. The predicted octanol–water partition coefficient (Wildman–Crippen LogP) is 4.91. The summed E-state index contributed by atoms with van der Waals surface area (Å²) in [6.45, 7) is 1.85. The molecule has 0 amide bonds. The predicted molar refractivity (Wildman–Crippen MR) is 91.5 cm³/mol. The molecule has 9 heteroatoms. The van der Waals surface area contributed by atoms with Gasteiger partial charge < -0.3 is 4.18 Å². The lowest BCUT2D eigenvalue weighted by Crippen LogP contribution is -2.17. The van der Waals surface area contributed by atoms with Crippen LogP contribution in [0.5, 0.6) is 5.75 Å². The zero-order valence-corrected chi connectivity index (χ0v) is 15.0. The van der Waals surface area contributed by atoms with Gasteiger partial charge in [-0.3, -0.25) is 0 Å². The van der Waals surface area contributed by atoms with Crippen LogP contribution >= 0.6 is 11.3 Å². The maximum atomic E-state index is 13.0. The lowest BCUT2D eigenvalue weighted by molar-refractivity contribution is -0.139. The van der Waals surface area contributed by atoms with Crippen molar-refractivity contribution in [1.82, 2.24) is 4.98 Å². The van der Waals surface area contributed by atoms with Gasteiger partial charge >= 0.3 is 16.3 Å². The first-order valence-electron chi connectivity index (χ1n) is 7.30. The fraction of sp³-hybridized carbons (Fsp3) is 0.118. The van der Waals surface area contributed by atoms with E-state index in [4.69, 9.17) is 4.18 Å². The average Bonchev–Trinajstić information content (AvgIpc) is 3.01. The molecule has 0 N–H and O–H groups in total. The standard InChI is InChI=1S/C17H12F3NO3S2/c1-11-10-25-16(21-11)12-6-8-13(9-7-12)24-26(22,23)15-5-3-2-4-14(15)17(18,19)20/h2-10H,1H3. The summed E-state index contributed by atoms with van der Waals surface area (Å²) in [5, 5.41) is 2.62. The van der Waals surface area contributed by atoms with E-state index < -0.39 is 26.8 Å². The minimum atomic E-state index is -4.81. The van der Waals surface area contributed by atoms with Gasteiger partial charge in [-0.15, -0.1) is 11.3 Å². The van der Waals surface area contributed by atoms with Crippen molar-refractivity contribution in [2.45, 2.75) is 18.0 Å². The molecular weight excluding hydrogens is 387 g/mol. The van der Waals surface area contributed by atoms with Gasteiger partial charge in [0.2, 0.25) is 0 Å². The fourth-order valence-corrected chi connectivity index (χ4v) is 4.19. The summed E-state index contributed by atoms with van der Waals surface area (Å²) in [7, 11) is -4.63. The largest absolute Gasteiger partial charge is 0.417 e. The normalized spacial score (nSPS) is 12.2. The van der Waals surface area contributed by atoms with E-state index >= 15 is 0 Å². The van der Waals surface area contributed by atoms with Crippen molar-refractivity contribution in [3.8, 4) is 16.3 Å². The SMILES string of the molecule is Cc1csc(-c2ccc(OS(=O)(=O)c3ccccc3C(F)(F)F)cc2)n1. The first-order valence-corrected chi connectivity index (χ1v) is 9.59. The molecule has 1 aromatic heterocycles. The summed E-state index contributed by atoms with van der Waals surface area (Å²) >= 11 is 1.43. The first kappa shape index (κ1) is 18.4. The maximum absolute atomic E-state index is 13.0. The van der Waals surface area contributed by atoms with Crippen LogP contribution in [0.4, 0.5) is 13.2 Å². The smallest absolute Gasteiger partial charge is 0.379 e. The molecule has 1 heterocycles. The van der Waals surface area contributed by atoms with E-state index in [0.29, 0.717) is 6.07 Å². The third-order valence-corrected chi connectivity index (χ3v) is 5.70. The maximum Gasteiger partial charge on any atom is 0.417 e. The lowest BCUT2D eigenvalue weighted by atomic mass is 10.2. The van der Waals surface area contributed by atoms with E-state index in [1.54, 1.807) is 12.1 Å². The van der Waals surface area contributed by atoms with E-state index in [9.17, 15) is 21.6 Å². The summed E-state index contributed by atoms with van der Waals surface area (Å²) < 4.78 is 68.6. The molecule has 0 radical (unpaired) electrons. The van der Waals surface area contributed by atoms with Crippen LogP contribution in [0.25, 0.3) is 10.6 Å². The number of hydrogen-bond acceptors (Lipinski definition) is 5. The molecule has 0 aliphatic carbocycles. The third-order valence-electron chi connectivity index (χ3n) is 3.39. The third kappa shape index (κ3) is 3.88. The zero-order valence-electron chi connectivity index (χ0n) is 13.3. The Morgan fingerprint density at radius 1 is 1.04 bits per heavy atom. The summed E-state index contributed by atoms with van der Waals surface area (Å²) in [6, 6.07) is 9.83. The van der Waals surface area contributed by atoms with Crippen LogP contribution in [0.15, 0.2) is 58.8 Å². The highest BCUT2D eigenvalue weighted by molar-refractivity contribution is 7.87. The second-order valence-corrected chi connectivity index (χ2v) is 7.72. The Labute approximate surface area is 152 Å². The molecule has 0 saturated carbocycles. The molecule has 3 rings (SSSR count). The van der Waals surface area contributed by atoms with Gasteiger partial charge in [-0.2, -0.15) is 21.6 Å². The van der Waals surface area contributed by atoms with Gasteiger partial charge in [0.1, 0.15) is 15.7 Å². The van der Waals surface area contributed by atoms with E-state index in [0.717, 1.165) is 28.4 Å². The molecule has 3 aromatic rings. The van der Waals surface area contributed by atoms with E-state index in [1.165, 1.54) is 29.5 Å². The van der Waals surface area contributed by atoms with Crippen molar-refractivity contribution < 1.29 is 25.8 Å². The molecule has 0 aliphatic heterocycles. The van der Waals surface area contributed by atoms with Gasteiger partial charge in [-0.1, -0.05) is 12.1 Å². The molecule has 4 nitrogen and oxygen atoms in total. The Balaban J connectivity index is 1.89. The van der Waals surface area contributed by atoms with Crippen LogP contribution in [-0.4, -0.2) is 13.4 Å². The molecule has 0 fully saturated rings. The van der Waals surface area contributed by atoms with Gasteiger partial charge in [0, 0.05) is 16.6 Å². The number of halogens is 3. The van der Waals surface area contributed by atoms with Crippen LogP contribution in [0.3, 0.4) is 0 Å². The van der Waals surface area contributed by atoms with Crippen LogP contribution < -0.4 is 4.18 Å². The van der Waals surface area contributed by atoms with Crippen molar-refractivity contribution in [2.24, 2.45) is 0 Å². The van der Waals surface area contributed by atoms with Gasteiger partial charge in [0.25, 0.3) is 0 Å². The highest BCUT2D eigenvalue weighted by atomic mass is 32.2. The minimum Gasteiger partial charge on any atom is -0.379 e. The topological polar surface area (TPSA) is 56.3 Å². The number of benzene rings is 2. The second-order valence-electron chi connectivity index (χ2n) is 5.35. The van der Waals surface area contributed by atoms with Crippen LogP contribution in [0, 0.1) is 6.92 Å². The first-order chi connectivity index (χ1) is 12.2. The highest BCUT2D eigenvalue weighted by Crippen LogP contribution is 2.35. The lowest BCUT2D eigenvalue weighted by Gasteiger charge is -2.13. The summed E-state index contributed by atoms with van der Waals surface area (Å²) in [5.74, 6) is -0.0843. The number of alkyl halides is 3. The van der Waals surface area contributed by atoms with E-state index in [-0.39, 0.29) is 5.75 Å². The second kappa shape index (κ2) is 6.73. The Morgan fingerprint density at radius 3 is 2.27 bits per heavy atom. The number of nitrogens with zero attached hydrogens (tertiary/aromatic N) is 1. The van der Waals surface area contributed by atoms with Gasteiger partial charge in [0.05, 0.1) is 5.56 Å². The number of aryl methyl sites for hydroxylation is 1. The van der Waals surface area contributed by atoms with Crippen LogP contribution in [-0.2, 0) is 16.3 Å². The van der Waals surface area contributed by atoms with Gasteiger partial charge in [0.15, 0.2) is 0 Å². The Bertz CT molecular complexity index is 1030. The monoisotopic (exact) mass is 399 g/mol. The number of aromatic nitrogens is 1. The van der Waals surface area contributed by atoms with E-state index in [2.05, 4.69) is 4.98 Å². The molecular formula is C17H12F3NO3S2. The Hall–Kier alpha value is -2.39. The molecule has 0 bridgehead atoms. The number of hydrogen-bond donors (Lipinski definition) is 0. The molecule has 0 saturated heterocycles. The number of thiazole rings is 1. The number of rotatable bonds is 4. The Morgan fingerprint density at radius 2 is 1.69 bits per heavy atom. The fourth-order valence-electron chi connectivity index (χ4n) is 2.23.